The van der Waals surface area contributed by atoms with Crippen molar-refractivity contribution >= 4 is 22.2 Å². The van der Waals surface area contributed by atoms with Crippen LogP contribution in [0.2, 0.25) is 0 Å². The fourth-order valence-corrected chi connectivity index (χ4v) is 3.95. The number of hydrogen-bond acceptors (Lipinski definition) is 3. The maximum absolute atomic E-state index is 13.6. The Kier molecular flexibility index (Phi) is 5.29. The Balaban J connectivity index is 1.46. The first-order valence-corrected chi connectivity index (χ1v) is 9.81. The van der Waals surface area contributed by atoms with E-state index in [9.17, 15) is 22.4 Å². The quantitative estimate of drug-likeness (QED) is 0.440. The fraction of sp³-hybridized carbons (Fsp3) is 0.143. The highest BCUT2D eigenvalue weighted by molar-refractivity contribution is 7.20. The lowest BCUT2D eigenvalue weighted by Gasteiger charge is -2.07. The third kappa shape index (κ3) is 4.20. The lowest BCUT2D eigenvalue weighted by molar-refractivity contribution is -0.137. The summed E-state index contributed by atoms with van der Waals surface area (Å²) in [5, 5.41) is 2.69. The Morgan fingerprint density at radius 2 is 1.90 bits per heavy atom. The van der Waals surface area contributed by atoms with Crippen LogP contribution in [0.3, 0.4) is 0 Å². The Bertz CT molecular complexity index is 1180. The van der Waals surface area contributed by atoms with E-state index in [4.69, 9.17) is 0 Å². The summed E-state index contributed by atoms with van der Waals surface area (Å²) in [6, 6.07) is 11.4. The van der Waals surface area contributed by atoms with Crippen LogP contribution in [0.5, 0.6) is 0 Å². The highest BCUT2D eigenvalue weighted by Gasteiger charge is 2.30. The molecule has 9 heteroatoms. The van der Waals surface area contributed by atoms with Gasteiger partial charge in [-0.05, 0) is 35.7 Å². The van der Waals surface area contributed by atoms with Gasteiger partial charge in [0.2, 0.25) is 0 Å². The summed E-state index contributed by atoms with van der Waals surface area (Å²) in [5.74, 6) is -0.723. The Morgan fingerprint density at radius 1 is 1.10 bits per heavy atom. The van der Waals surface area contributed by atoms with Gasteiger partial charge in [-0.3, -0.25) is 9.20 Å². The second-order valence-corrected chi connectivity index (χ2v) is 7.60. The maximum atomic E-state index is 13.6. The van der Waals surface area contributed by atoms with E-state index >= 15 is 0 Å². The highest BCUT2D eigenvalue weighted by Crippen LogP contribution is 2.34. The summed E-state index contributed by atoms with van der Waals surface area (Å²) in [7, 11) is 0. The third-order valence-corrected chi connectivity index (χ3v) is 5.55. The molecule has 0 radical (unpaired) electrons. The number of amides is 1. The molecule has 4 aromatic rings. The van der Waals surface area contributed by atoms with Gasteiger partial charge in [-0.25, -0.2) is 9.37 Å². The van der Waals surface area contributed by atoms with Crippen LogP contribution in [-0.4, -0.2) is 21.8 Å². The molecule has 0 aliphatic heterocycles. The molecule has 0 spiro atoms. The minimum atomic E-state index is -4.42. The number of alkyl halides is 3. The summed E-state index contributed by atoms with van der Waals surface area (Å²) in [4.78, 5) is 17.6. The number of imidazole rings is 1. The number of rotatable bonds is 5. The van der Waals surface area contributed by atoms with Gasteiger partial charge in [0.15, 0.2) is 4.96 Å². The van der Waals surface area contributed by atoms with Crippen LogP contribution in [0.1, 0.15) is 21.6 Å². The van der Waals surface area contributed by atoms with E-state index in [1.165, 1.54) is 29.7 Å². The SMILES string of the molecule is O=C(NCCc1ccccc1F)c1cn2cc(-c3cccc(C(F)(F)F)c3)sc2n1. The molecule has 30 heavy (non-hydrogen) atoms. The fourth-order valence-electron chi connectivity index (χ4n) is 2.99. The number of carbonyl (C=O) groups is 1. The van der Waals surface area contributed by atoms with Gasteiger partial charge in [0.05, 0.1) is 10.4 Å². The molecular weight excluding hydrogens is 418 g/mol. The highest BCUT2D eigenvalue weighted by atomic mass is 32.1. The molecule has 0 saturated heterocycles. The number of aromatic nitrogens is 2. The van der Waals surface area contributed by atoms with Crippen LogP contribution in [0.4, 0.5) is 17.6 Å². The summed E-state index contributed by atoms with van der Waals surface area (Å²) < 4.78 is 54.0. The molecule has 1 N–H and O–H groups in total. The topological polar surface area (TPSA) is 46.4 Å². The van der Waals surface area contributed by atoms with Crippen molar-refractivity contribution in [3.8, 4) is 10.4 Å². The molecule has 0 aliphatic carbocycles. The molecule has 0 fully saturated rings. The van der Waals surface area contributed by atoms with Gasteiger partial charge in [-0.15, -0.1) is 0 Å². The zero-order valence-electron chi connectivity index (χ0n) is 15.4. The van der Waals surface area contributed by atoms with E-state index in [1.807, 2.05) is 0 Å². The lowest BCUT2D eigenvalue weighted by atomic mass is 10.1. The van der Waals surface area contributed by atoms with Crippen molar-refractivity contribution in [2.24, 2.45) is 0 Å². The van der Waals surface area contributed by atoms with Gasteiger partial charge in [0.25, 0.3) is 5.91 Å². The second kappa shape index (κ2) is 7.91. The molecular formula is C21H15F4N3OS. The predicted octanol–water partition coefficient (Wildman–Crippen LogP) is 5.19. The molecule has 4 nitrogen and oxygen atoms in total. The van der Waals surface area contributed by atoms with Gasteiger partial charge < -0.3 is 5.32 Å². The predicted molar refractivity (Wildman–Crippen MR) is 106 cm³/mol. The van der Waals surface area contributed by atoms with Crippen LogP contribution in [0.15, 0.2) is 60.9 Å². The second-order valence-electron chi connectivity index (χ2n) is 6.59. The van der Waals surface area contributed by atoms with E-state index in [0.29, 0.717) is 27.4 Å². The third-order valence-electron chi connectivity index (χ3n) is 4.50. The number of fused-ring (bicyclic) bond motifs is 1. The number of hydrogen-bond donors (Lipinski definition) is 1. The molecule has 4 rings (SSSR count). The van der Waals surface area contributed by atoms with Gasteiger partial charge in [-0.2, -0.15) is 13.2 Å². The van der Waals surface area contributed by atoms with Gasteiger partial charge >= 0.3 is 6.18 Å². The standard InChI is InChI=1S/C21H15F4N3OS/c22-16-7-2-1-4-13(16)8-9-26-19(29)17-11-28-12-18(30-20(28)27-17)14-5-3-6-15(10-14)21(23,24)25/h1-7,10-12H,8-9H2,(H,26,29). The first-order chi connectivity index (χ1) is 14.3. The van der Waals surface area contributed by atoms with Crippen LogP contribution >= 0.6 is 11.3 Å². The van der Waals surface area contributed by atoms with E-state index in [1.54, 1.807) is 34.9 Å². The Labute approximate surface area is 172 Å². The zero-order chi connectivity index (χ0) is 21.3. The smallest absolute Gasteiger partial charge is 0.350 e. The summed E-state index contributed by atoms with van der Waals surface area (Å²) in [5.41, 5.74) is 0.400. The van der Waals surface area contributed by atoms with Crippen molar-refractivity contribution in [2.75, 3.05) is 6.54 Å². The average Bonchev–Trinajstić information content (AvgIpc) is 3.28. The first kappa shape index (κ1) is 20.1. The number of thiazole rings is 1. The zero-order valence-corrected chi connectivity index (χ0v) is 16.2. The first-order valence-electron chi connectivity index (χ1n) is 8.99. The molecule has 1 amide bonds. The van der Waals surface area contributed by atoms with Gasteiger partial charge in [0, 0.05) is 18.9 Å². The Hall–Kier alpha value is -3.20. The van der Waals surface area contributed by atoms with Crippen LogP contribution in [-0.2, 0) is 12.6 Å². The van der Waals surface area contributed by atoms with Crippen LogP contribution < -0.4 is 5.32 Å². The van der Waals surface area contributed by atoms with E-state index < -0.39 is 17.6 Å². The summed E-state index contributed by atoms with van der Waals surface area (Å²) in [6.07, 6.45) is -0.915. The Morgan fingerprint density at radius 3 is 2.63 bits per heavy atom. The van der Waals surface area contributed by atoms with Crippen molar-refractivity contribution in [3.05, 3.63) is 83.6 Å². The molecule has 154 valence electrons. The number of carbonyl (C=O) groups excluding carboxylic acids is 1. The number of nitrogens with zero attached hydrogens (tertiary/aromatic N) is 2. The number of nitrogens with one attached hydrogen (secondary N) is 1. The monoisotopic (exact) mass is 433 g/mol. The largest absolute Gasteiger partial charge is 0.416 e. The maximum Gasteiger partial charge on any atom is 0.416 e. The molecule has 0 atom stereocenters. The van der Waals surface area contributed by atoms with Gasteiger partial charge in [0.1, 0.15) is 11.5 Å². The summed E-state index contributed by atoms with van der Waals surface area (Å²) >= 11 is 1.19. The van der Waals surface area contributed by atoms with Crippen molar-refractivity contribution in [2.45, 2.75) is 12.6 Å². The molecule has 0 aliphatic rings. The van der Waals surface area contributed by atoms with E-state index in [2.05, 4.69) is 10.3 Å². The molecule has 2 aromatic heterocycles. The normalized spacial score (nSPS) is 11.7. The minimum absolute atomic E-state index is 0.186. The number of benzene rings is 2. The lowest BCUT2D eigenvalue weighted by Crippen LogP contribution is -2.26. The van der Waals surface area contributed by atoms with Gasteiger partial charge in [-0.1, -0.05) is 41.7 Å². The molecule has 0 saturated carbocycles. The van der Waals surface area contributed by atoms with E-state index in [0.717, 1.165) is 12.1 Å². The van der Waals surface area contributed by atoms with Crippen LogP contribution in [0, 0.1) is 5.82 Å². The molecule has 2 aromatic carbocycles. The molecule has 0 unspecified atom stereocenters. The van der Waals surface area contributed by atoms with Crippen molar-refractivity contribution < 1.29 is 22.4 Å². The average molecular weight is 433 g/mol. The van der Waals surface area contributed by atoms with E-state index in [-0.39, 0.29) is 18.1 Å². The molecule has 0 bridgehead atoms. The number of halogens is 4. The van der Waals surface area contributed by atoms with Crippen LogP contribution in [0.25, 0.3) is 15.4 Å². The van der Waals surface area contributed by atoms with Crippen molar-refractivity contribution in [1.82, 2.24) is 14.7 Å². The van der Waals surface area contributed by atoms with Crippen molar-refractivity contribution in [1.29, 1.82) is 0 Å². The molecule has 2 heterocycles. The van der Waals surface area contributed by atoms with Crippen molar-refractivity contribution in [3.63, 3.8) is 0 Å². The minimum Gasteiger partial charge on any atom is -0.350 e. The summed E-state index contributed by atoms with van der Waals surface area (Å²) in [6.45, 7) is 0.250.